The topological polar surface area (TPSA) is 58.6 Å². The van der Waals surface area contributed by atoms with Gasteiger partial charge >= 0.3 is 0 Å². The van der Waals surface area contributed by atoms with Gasteiger partial charge in [-0.15, -0.1) is 0 Å². The average molecular weight is 312 g/mol. The van der Waals surface area contributed by atoms with Crippen LogP contribution in [-0.2, 0) is 11.2 Å². The predicted molar refractivity (Wildman–Crippen MR) is 82.8 cm³/mol. The van der Waals surface area contributed by atoms with Crippen molar-refractivity contribution in [1.29, 1.82) is 0 Å². The lowest BCUT2D eigenvalue weighted by atomic mass is 9.98. The number of hydrogen-bond donors (Lipinski definition) is 2. The minimum atomic E-state index is -0.394. The molecule has 0 aromatic heterocycles. The van der Waals surface area contributed by atoms with E-state index < -0.39 is 5.54 Å². The van der Waals surface area contributed by atoms with Crippen molar-refractivity contribution < 1.29 is 14.6 Å². The second-order valence-electron chi connectivity index (χ2n) is 5.66. The van der Waals surface area contributed by atoms with Gasteiger partial charge in [0, 0.05) is 6.42 Å². The van der Waals surface area contributed by atoms with Crippen molar-refractivity contribution in [2.24, 2.45) is 0 Å². The highest BCUT2D eigenvalue weighted by molar-refractivity contribution is 6.32. The number of aliphatic hydroxyl groups excluding tert-OH is 1. The normalized spacial score (nSPS) is 16.7. The van der Waals surface area contributed by atoms with Crippen LogP contribution in [0.15, 0.2) is 18.2 Å². The van der Waals surface area contributed by atoms with E-state index >= 15 is 0 Å². The Bertz CT molecular complexity index is 498. The van der Waals surface area contributed by atoms with Crippen LogP contribution in [0.25, 0.3) is 0 Å². The van der Waals surface area contributed by atoms with Gasteiger partial charge in [0.2, 0.25) is 5.91 Å². The number of hydrogen-bond acceptors (Lipinski definition) is 3. The summed E-state index contributed by atoms with van der Waals surface area (Å²) in [6, 6.07) is 5.54. The minimum Gasteiger partial charge on any atom is -0.495 e. The Labute approximate surface area is 130 Å². The molecule has 2 rings (SSSR count). The zero-order valence-corrected chi connectivity index (χ0v) is 13.1. The number of halogens is 1. The van der Waals surface area contributed by atoms with Crippen molar-refractivity contribution in [3.05, 3.63) is 28.8 Å². The van der Waals surface area contributed by atoms with Gasteiger partial charge in [-0.05, 0) is 37.0 Å². The van der Waals surface area contributed by atoms with Gasteiger partial charge in [-0.1, -0.05) is 30.5 Å². The van der Waals surface area contributed by atoms with Gasteiger partial charge < -0.3 is 15.2 Å². The maximum absolute atomic E-state index is 12.1. The fourth-order valence-electron chi connectivity index (χ4n) is 2.86. The molecule has 2 N–H and O–H groups in total. The zero-order valence-electron chi connectivity index (χ0n) is 12.3. The van der Waals surface area contributed by atoms with Gasteiger partial charge in [0.15, 0.2) is 0 Å². The molecule has 21 heavy (non-hydrogen) atoms. The van der Waals surface area contributed by atoms with Crippen molar-refractivity contribution in [3.8, 4) is 5.75 Å². The Morgan fingerprint density at radius 2 is 2.14 bits per heavy atom. The van der Waals surface area contributed by atoms with Crippen LogP contribution < -0.4 is 10.1 Å². The van der Waals surface area contributed by atoms with Gasteiger partial charge in [0.25, 0.3) is 0 Å². The molecule has 1 aliphatic carbocycles. The number of carbonyl (C=O) groups is 1. The first-order chi connectivity index (χ1) is 10.1. The minimum absolute atomic E-state index is 0.0158. The lowest BCUT2D eigenvalue weighted by Gasteiger charge is -2.28. The Balaban J connectivity index is 1.87. The van der Waals surface area contributed by atoms with Gasteiger partial charge in [-0.2, -0.15) is 0 Å². The van der Waals surface area contributed by atoms with Crippen LogP contribution in [-0.4, -0.2) is 30.3 Å². The molecule has 1 aromatic rings. The first-order valence-electron chi connectivity index (χ1n) is 7.33. The molecule has 0 atom stereocenters. The maximum atomic E-state index is 12.1. The first kappa shape index (κ1) is 16.1. The van der Waals surface area contributed by atoms with Crippen LogP contribution in [0.4, 0.5) is 0 Å². The molecule has 0 heterocycles. The van der Waals surface area contributed by atoms with Gasteiger partial charge in [0.1, 0.15) is 5.75 Å². The third-order valence-electron chi connectivity index (χ3n) is 4.12. The van der Waals surface area contributed by atoms with E-state index in [4.69, 9.17) is 16.3 Å². The van der Waals surface area contributed by atoms with Crippen LogP contribution >= 0.6 is 11.6 Å². The van der Waals surface area contributed by atoms with E-state index in [-0.39, 0.29) is 12.5 Å². The molecule has 1 saturated carbocycles. The van der Waals surface area contributed by atoms with Crippen LogP contribution in [0, 0.1) is 0 Å². The molecule has 1 aliphatic rings. The summed E-state index contributed by atoms with van der Waals surface area (Å²) in [6.45, 7) is 0.0209. The van der Waals surface area contributed by atoms with Crippen molar-refractivity contribution >= 4 is 17.5 Å². The van der Waals surface area contributed by atoms with E-state index in [1.54, 1.807) is 7.11 Å². The molecule has 0 bridgehead atoms. The number of methoxy groups -OCH3 is 1. The number of carbonyl (C=O) groups excluding carboxylic acids is 1. The molecule has 5 heteroatoms. The van der Waals surface area contributed by atoms with E-state index in [2.05, 4.69) is 5.32 Å². The molecule has 116 valence electrons. The number of nitrogens with one attached hydrogen (secondary N) is 1. The molecule has 0 unspecified atom stereocenters. The standard InChI is InChI=1S/C16H22ClNO3/c1-21-14-6-4-12(10-13(14)17)5-7-15(20)18-16(11-19)8-2-3-9-16/h4,6,10,19H,2-3,5,7-9,11H2,1H3,(H,18,20). The van der Waals surface area contributed by atoms with E-state index in [0.717, 1.165) is 31.2 Å². The molecular formula is C16H22ClNO3. The molecule has 1 amide bonds. The van der Waals surface area contributed by atoms with Crippen LogP contribution in [0.2, 0.25) is 5.02 Å². The summed E-state index contributed by atoms with van der Waals surface area (Å²) in [7, 11) is 1.57. The second kappa shape index (κ2) is 7.14. The Hall–Kier alpha value is -1.26. The van der Waals surface area contributed by atoms with Crippen molar-refractivity contribution in [3.63, 3.8) is 0 Å². The average Bonchev–Trinajstić information content (AvgIpc) is 2.94. The van der Waals surface area contributed by atoms with Gasteiger partial charge in [0.05, 0.1) is 24.3 Å². The van der Waals surface area contributed by atoms with E-state index in [1.165, 1.54) is 0 Å². The summed E-state index contributed by atoms with van der Waals surface area (Å²) in [5.74, 6) is 0.618. The molecule has 0 spiro atoms. The third kappa shape index (κ3) is 4.11. The monoisotopic (exact) mass is 311 g/mol. The van der Waals surface area contributed by atoms with Crippen molar-refractivity contribution in [2.45, 2.75) is 44.1 Å². The third-order valence-corrected chi connectivity index (χ3v) is 4.42. The molecule has 0 aliphatic heterocycles. The fourth-order valence-corrected chi connectivity index (χ4v) is 3.14. The lowest BCUT2D eigenvalue weighted by Crippen LogP contribution is -2.49. The quantitative estimate of drug-likeness (QED) is 0.849. The molecule has 1 aromatic carbocycles. The largest absolute Gasteiger partial charge is 0.495 e. The highest BCUT2D eigenvalue weighted by Gasteiger charge is 2.34. The predicted octanol–water partition coefficient (Wildman–Crippen LogP) is 2.70. The Morgan fingerprint density at radius 3 is 2.71 bits per heavy atom. The molecule has 4 nitrogen and oxygen atoms in total. The van der Waals surface area contributed by atoms with Crippen LogP contribution in [0.3, 0.4) is 0 Å². The molecule has 1 fully saturated rings. The van der Waals surface area contributed by atoms with Gasteiger partial charge in [-0.25, -0.2) is 0 Å². The summed E-state index contributed by atoms with van der Waals surface area (Å²) in [6.07, 6.45) is 4.87. The number of aryl methyl sites for hydroxylation is 1. The summed E-state index contributed by atoms with van der Waals surface area (Å²) in [4.78, 5) is 12.1. The highest BCUT2D eigenvalue weighted by atomic mass is 35.5. The maximum Gasteiger partial charge on any atom is 0.220 e. The summed E-state index contributed by atoms with van der Waals surface area (Å²) in [5.41, 5.74) is 0.606. The Morgan fingerprint density at radius 1 is 1.43 bits per heavy atom. The molecular weight excluding hydrogens is 290 g/mol. The van der Waals surface area contributed by atoms with Crippen LogP contribution in [0.1, 0.15) is 37.7 Å². The lowest BCUT2D eigenvalue weighted by molar-refractivity contribution is -0.123. The van der Waals surface area contributed by atoms with E-state index in [1.807, 2.05) is 18.2 Å². The number of ether oxygens (including phenoxy) is 1. The number of aliphatic hydroxyl groups is 1. The fraction of sp³-hybridized carbons (Fsp3) is 0.562. The van der Waals surface area contributed by atoms with Crippen molar-refractivity contribution in [2.75, 3.05) is 13.7 Å². The Kier molecular flexibility index (Phi) is 5.48. The van der Waals surface area contributed by atoms with Crippen molar-refractivity contribution in [1.82, 2.24) is 5.32 Å². The highest BCUT2D eigenvalue weighted by Crippen LogP contribution is 2.29. The second-order valence-corrected chi connectivity index (χ2v) is 6.07. The first-order valence-corrected chi connectivity index (χ1v) is 7.71. The number of rotatable bonds is 6. The number of benzene rings is 1. The van der Waals surface area contributed by atoms with E-state index in [0.29, 0.717) is 23.6 Å². The number of amides is 1. The molecule has 0 saturated heterocycles. The van der Waals surface area contributed by atoms with E-state index in [9.17, 15) is 9.90 Å². The van der Waals surface area contributed by atoms with Crippen LogP contribution in [0.5, 0.6) is 5.75 Å². The summed E-state index contributed by atoms with van der Waals surface area (Å²) in [5, 5.41) is 13.1. The SMILES string of the molecule is COc1ccc(CCC(=O)NC2(CO)CCCC2)cc1Cl. The molecule has 0 radical (unpaired) electrons. The summed E-state index contributed by atoms with van der Waals surface area (Å²) < 4.78 is 5.10. The summed E-state index contributed by atoms with van der Waals surface area (Å²) >= 11 is 6.07. The zero-order chi connectivity index (χ0) is 15.3. The van der Waals surface area contributed by atoms with Gasteiger partial charge in [-0.3, -0.25) is 4.79 Å². The smallest absolute Gasteiger partial charge is 0.220 e.